The highest BCUT2D eigenvalue weighted by Gasteiger charge is 2.33. The molecule has 48 valence electrons. The zero-order valence-electron chi connectivity index (χ0n) is 5.59. The average Bonchev–Trinajstić information content (AvgIpc) is 2.17. The molecule has 0 aliphatic heterocycles. The fraction of sp³-hybridized carbons (Fsp3) is 1.00. The third-order valence-electron chi connectivity index (χ3n) is 1.66. The van der Waals surface area contributed by atoms with Crippen molar-refractivity contribution in [3.05, 3.63) is 0 Å². The van der Waals surface area contributed by atoms with Crippen molar-refractivity contribution in [3.8, 4) is 0 Å². The van der Waals surface area contributed by atoms with E-state index in [1.54, 1.807) is 0 Å². The Morgan fingerprint density at radius 2 is 2.12 bits per heavy atom. The Morgan fingerprint density at radius 1 is 1.62 bits per heavy atom. The fourth-order valence-electron chi connectivity index (χ4n) is 1.09. The van der Waals surface area contributed by atoms with E-state index in [0.29, 0.717) is 0 Å². The second-order valence-electron chi connectivity index (χ2n) is 3.19. The van der Waals surface area contributed by atoms with E-state index in [1.807, 2.05) is 0 Å². The molecule has 0 radical (unpaired) electrons. The molecule has 1 aliphatic rings. The summed E-state index contributed by atoms with van der Waals surface area (Å²) < 4.78 is 0. The lowest BCUT2D eigenvalue weighted by Gasteiger charge is -1.99. The molecule has 0 unspecified atom stereocenters. The first-order valence-electron chi connectivity index (χ1n) is 3.38. The lowest BCUT2D eigenvalue weighted by Crippen LogP contribution is -1.89. The van der Waals surface area contributed by atoms with Crippen LogP contribution in [0.4, 0.5) is 0 Å². The van der Waals surface area contributed by atoms with Gasteiger partial charge in [0.1, 0.15) is 0 Å². The van der Waals surface area contributed by atoms with Crippen molar-refractivity contribution in [2.75, 3.05) is 0 Å². The van der Waals surface area contributed by atoms with Gasteiger partial charge in [-0.1, -0.05) is 13.8 Å². The molecule has 0 bridgehead atoms. The summed E-state index contributed by atoms with van der Waals surface area (Å²) in [7, 11) is 0. The maximum absolute atomic E-state index is 4.35. The van der Waals surface area contributed by atoms with Gasteiger partial charge in [0.05, 0.1) is 0 Å². The van der Waals surface area contributed by atoms with Crippen LogP contribution in [-0.2, 0) is 0 Å². The predicted molar refractivity (Wildman–Crippen MR) is 40.3 cm³/mol. The summed E-state index contributed by atoms with van der Waals surface area (Å²) in [6.45, 7) is 4.55. The predicted octanol–water partition coefficient (Wildman–Crippen LogP) is 2.35. The molecule has 1 heteroatoms. The highest BCUT2D eigenvalue weighted by atomic mass is 32.1. The first kappa shape index (κ1) is 6.47. The number of hydrogen-bond donors (Lipinski definition) is 1. The number of hydrogen-bond acceptors (Lipinski definition) is 1. The largest absolute Gasteiger partial charge is 0.176 e. The molecular weight excluding hydrogens is 116 g/mol. The normalized spacial score (nSPS) is 36.0. The van der Waals surface area contributed by atoms with Gasteiger partial charge in [-0.05, 0) is 24.7 Å². The molecule has 0 spiro atoms. The zero-order chi connectivity index (χ0) is 6.15. The molecule has 2 atom stereocenters. The van der Waals surface area contributed by atoms with E-state index in [4.69, 9.17) is 0 Å². The van der Waals surface area contributed by atoms with Crippen LogP contribution in [0.1, 0.15) is 26.7 Å². The van der Waals surface area contributed by atoms with E-state index in [2.05, 4.69) is 26.5 Å². The van der Waals surface area contributed by atoms with Gasteiger partial charge in [-0.15, -0.1) is 0 Å². The second kappa shape index (κ2) is 2.30. The Hall–Kier alpha value is 0.350. The van der Waals surface area contributed by atoms with E-state index >= 15 is 0 Å². The van der Waals surface area contributed by atoms with E-state index in [9.17, 15) is 0 Å². The van der Waals surface area contributed by atoms with Gasteiger partial charge >= 0.3 is 0 Å². The highest BCUT2D eigenvalue weighted by Crippen LogP contribution is 2.40. The molecule has 1 fully saturated rings. The molecule has 0 nitrogen and oxygen atoms in total. The van der Waals surface area contributed by atoms with Gasteiger partial charge in [0, 0.05) is 5.25 Å². The molecule has 0 aromatic carbocycles. The lowest BCUT2D eigenvalue weighted by atomic mass is 10.1. The Kier molecular flexibility index (Phi) is 1.86. The van der Waals surface area contributed by atoms with Crippen LogP contribution < -0.4 is 0 Å². The molecule has 1 saturated carbocycles. The Labute approximate surface area is 57.1 Å². The molecule has 0 heterocycles. The van der Waals surface area contributed by atoms with Gasteiger partial charge in [-0.25, -0.2) is 0 Å². The van der Waals surface area contributed by atoms with Gasteiger partial charge in [-0.3, -0.25) is 0 Å². The smallest absolute Gasteiger partial charge is 0.00486 e. The van der Waals surface area contributed by atoms with Gasteiger partial charge in [0.25, 0.3) is 0 Å². The summed E-state index contributed by atoms with van der Waals surface area (Å²) in [5.41, 5.74) is 0. The van der Waals surface area contributed by atoms with Crippen LogP contribution in [0, 0.1) is 11.8 Å². The van der Waals surface area contributed by atoms with Crippen LogP contribution in [0.25, 0.3) is 0 Å². The van der Waals surface area contributed by atoms with Gasteiger partial charge in [0.15, 0.2) is 0 Å². The Bertz CT molecular complexity index is 78.5. The molecule has 0 aromatic rings. The standard InChI is InChI=1S/C7H14S/c1-5(2)3-6-4-7(6)8/h5-8H,3-4H2,1-2H3/t6-,7-/m1/s1. The molecule has 1 aliphatic carbocycles. The van der Waals surface area contributed by atoms with Crippen molar-refractivity contribution in [2.24, 2.45) is 11.8 Å². The van der Waals surface area contributed by atoms with Gasteiger partial charge < -0.3 is 0 Å². The lowest BCUT2D eigenvalue weighted by molar-refractivity contribution is 0.542. The summed E-state index contributed by atoms with van der Waals surface area (Å²) >= 11 is 4.35. The van der Waals surface area contributed by atoms with E-state index < -0.39 is 0 Å². The third-order valence-corrected chi connectivity index (χ3v) is 2.29. The van der Waals surface area contributed by atoms with E-state index in [-0.39, 0.29) is 0 Å². The van der Waals surface area contributed by atoms with Crippen LogP contribution in [-0.4, -0.2) is 5.25 Å². The minimum atomic E-state index is 0.748. The minimum absolute atomic E-state index is 0.748. The monoisotopic (exact) mass is 130 g/mol. The quantitative estimate of drug-likeness (QED) is 0.545. The molecule has 1 rings (SSSR count). The van der Waals surface area contributed by atoms with Crippen LogP contribution in [0.5, 0.6) is 0 Å². The SMILES string of the molecule is CC(C)C[C@@H]1C[C@H]1S. The molecule has 0 saturated heterocycles. The average molecular weight is 130 g/mol. The first-order valence-corrected chi connectivity index (χ1v) is 3.90. The molecule has 0 aromatic heterocycles. The molecule has 0 amide bonds. The molecular formula is C7H14S. The van der Waals surface area contributed by atoms with E-state index in [1.165, 1.54) is 12.8 Å². The van der Waals surface area contributed by atoms with Crippen molar-refractivity contribution in [1.29, 1.82) is 0 Å². The molecule has 0 N–H and O–H groups in total. The van der Waals surface area contributed by atoms with Crippen molar-refractivity contribution in [3.63, 3.8) is 0 Å². The highest BCUT2D eigenvalue weighted by molar-refractivity contribution is 7.81. The Balaban J connectivity index is 2.05. The summed E-state index contributed by atoms with van der Waals surface area (Å²) in [5.74, 6) is 1.83. The van der Waals surface area contributed by atoms with Gasteiger partial charge in [0.2, 0.25) is 0 Å². The zero-order valence-corrected chi connectivity index (χ0v) is 6.49. The van der Waals surface area contributed by atoms with Crippen LogP contribution in [0.2, 0.25) is 0 Å². The molecule has 8 heavy (non-hydrogen) atoms. The third kappa shape index (κ3) is 1.70. The van der Waals surface area contributed by atoms with Crippen molar-refractivity contribution in [2.45, 2.75) is 31.9 Å². The minimum Gasteiger partial charge on any atom is -0.176 e. The van der Waals surface area contributed by atoms with E-state index in [0.717, 1.165) is 17.1 Å². The van der Waals surface area contributed by atoms with Crippen LogP contribution >= 0.6 is 12.6 Å². The van der Waals surface area contributed by atoms with Crippen LogP contribution in [0.15, 0.2) is 0 Å². The second-order valence-corrected chi connectivity index (χ2v) is 3.86. The maximum Gasteiger partial charge on any atom is 0.00486 e. The summed E-state index contributed by atoms with van der Waals surface area (Å²) in [5, 5.41) is 0.748. The van der Waals surface area contributed by atoms with Crippen molar-refractivity contribution >= 4 is 12.6 Å². The van der Waals surface area contributed by atoms with Crippen molar-refractivity contribution < 1.29 is 0 Å². The Morgan fingerprint density at radius 3 is 2.25 bits per heavy atom. The van der Waals surface area contributed by atoms with Crippen LogP contribution in [0.3, 0.4) is 0 Å². The van der Waals surface area contributed by atoms with Gasteiger partial charge in [-0.2, -0.15) is 12.6 Å². The number of thiol groups is 1. The summed E-state index contributed by atoms with van der Waals surface area (Å²) in [6, 6.07) is 0. The fourth-order valence-corrected chi connectivity index (χ4v) is 1.48. The topological polar surface area (TPSA) is 0 Å². The maximum atomic E-state index is 4.35. The summed E-state index contributed by atoms with van der Waals surface area (Å²) in [4.78, 5) is 0. The summed E-state index contributed by atoms with van der Waals surface area (Å²) in [6.07, 6.45) is 2.75. The van der Waals surface area contributed by atoms with Crippen molar-refractivity contribution in [1.82, 2.24) is 0 Å². The first-order chi connectivity index (χ1) is 3.70. The number of rotatable bonds is 2.